The first-order valence-electron chi connectivity index (χ1n) is 9.67. The van der Waals surface area contributed by atoms with E-state index in [0.717, 1.165) is 0 Å². The molecular weight excluding hydrogens is 572 g/mol. The second kappa shape index (κ2) is 21.4. The fourth-order valence-electron chi connectivity index (χ4n) is 1.80. The first kappa shape index (κ1) is 42.6. The molecule has 0 aromatic heterocycles. The van der Waals surface area contributed by atoms with Gasteiger partial charge in [-0.15, -0.1) is 0 Å². The largest absolute Gasteiger partial charge is 0.870 e. The maximum Gasteiger partial charge on any atom is 0.668 e. The Kier molecular flexibility index (Phi) is 25.3. The number of aldehydes is 2. The Morgan fingerprint density at radius 2 is 1.00 bits per heavy atom. The average Bonchev–Trinajstić information content (AvgIpc) is 2.65. The van der Waals surface area contributed by atoms with E-state index in [1.54, 1.807) is 0 Å². The number of carbonyl (C=O) groups is 2. The van der Waals surface area contributed by atoms with Crippen LogP contribution in [0.1, 0.15) is 12.8 Å². The number of carbonyl (C=O) groups excluding carboxylic acids is 2. The number of aliphatic hydroxyl groups is 2. The summed E-state index contributed by atoms with van der Waals surface area (Å²) in [5, 5.41) is 22.5. The number of nitrogens with one attached hydrogen (secondary N) is 2. The molecule has 2 unspecified atom stereocenters. The van der Waals surface area contributed by atoms with Crippen LogP contribution < -0.4 is 10.6 Å². The maximum absolute atomic E-state index is 10.3. The number of hydrogen-bond donors (Lipinski definition) is 16. The second-order valence-electron chi connectivity index (χ2n) is 6.76. The highest BCUT2D eigenvalue weighted by Gasteiger charge is 2.45. The van der Waals surface area contributed by atoms with E-state index in [1.165, 1.54) is 0 Å². The molecule has 220 valence electrons. The van der Waals surface area contributed by atoms with Crippen LogP contribution in [0.5, 0.6) is 0 Å². The van der Waals surface area contributed by atoms with Crippen molar-refractivity contribution >= 4 is 48.3 Å². The molecule has 0 saturated heterocycles. The fourth-order valence-corrected chi connectivity index (χ4v) is 5.25. The molecule has 0 aromatic rings. The first-order chi connectivity index (χ1) is 15.7. The summed E-state index contributed by atoms with van der Waals surface area (Å²) in [5.41, 5.74) is 0. The summed E-state index contributed by atoms with van der Waals surface area (Å²) >= 11 is 0. The van der Waals surface area contributed by atoms with Crippen LogP contribution in [0.25, 0.3) is 0 Å². The summed E-state index contributed by atoms with van der Waals surface area (Å²) in [6.45, 7) is -0.120. The SMILES string of the molecule is O=CC(CO)NCCC[Si](O)(O)O.O=CC(CO)NCCC[Si](O)(O)O[Si](O)(O)O.O[Si](O)(O)O.[OH-]. The Hall–Kier alpha value is -0.512. The van der Waals surface area contributed by atoms with Gasteiger partial charge in [0.15, 0.2) is 0 Å². The molecule has 0 spiro atoms. The lowest BCUT2D eigenvalue weighted by atomic mass is 10.3. The summed E-state index contributed by atoms with van der Waals surface area (Å²) in [4.78, 5) is 120. The molecule has 0 radical (unpaired) electrons. The van der Waals surface area contributed by atoms with Gasteiger partial charge in [-0.05, 0) is 25.9 Å². The van der Waals surface area contributed by atoms with Crippen LogP contribution in [0, 0.1) is 0 Å². The van der Waals surface area contributed by atoms with E-state index in [4.69, 9.17) is 58.2 Å². The Labute approximate surface area is 209 Å². The minimum atomic E-state index is -4.94. The standard InChI is InChI=1S/C6H17NO8Si2.C6H15NO5Si.H4O4Si.H2O/c8-4-6(5-9)7-2-1-3-16(10,11)15-17(12,13)14;8-4-6(5-9)7-2-1-3-13(10,11)12;1-5(2,3)4;/h4,6-7,9-14H,1-3,5H2;4,6-7,9-12H,1-3,5H2;1-4H;1H2/p-1. The lowest BCUT2D eigenvalue weighted by Gasteiger charge is -2.21. The molecular formula is C12H37N2O18Si4-. The van der Waals surface area contributed by atoms with Crippen molar-refractivity contribution in [1.82, 2.24) is 10.6 Å². The van der Waals surface area contributed by atoms with E-state index in [0.29, 0.717) is 25.5 Å². The van der Waals surface area contributed by atoms with Crippen LogP contribution in [0.3, 0.4) is 0 Å². The van der Waals surface area contributed by atoms with Crippen molar-refractivity contribution in [3.63, 3.8) is 0 Å². The molecule has 36 heavy (non-hydrogen) atoms. The van der Waals surface area contributed by atoms with Gasteiger partial charge in [-0.2, -0.15) is 0 Å². The average molecular weight is 610 g/mol. The fraction of sp³-hybridized carbons (Fsp3) is 0.833. The predicted molar refractivity (Wildman–Crippen MR) is 121 cm³/mol. The van der Waals surface area contributed by atoms with Crippen LogP contribution in [-0.2, 0) is 13.7 Å². The van der Waals surface area contributed by atoms with Gasteiger partial charge in [0, 0.05) is 12.1 Å². The predicted octanol–water partition coefficient (Wildman–Crippen LogP) is -9.47. The Morgan fingerprint density at radius 1 is 0.667 bits per heavy atom. The van der Waals surface area contributed by atoms with Crippen LogP contribution >= 0.6 is 0 Å². The summed E-state index contributed by atoms with van der Waals surface area (Å²) in [7, 11) is -17.8. The monoisotopic (exact) mass is 609 g/mol. The van der Waals surface area contributed by atoms with Gasteiger partial charge in [0.2, 0.25) is 0 Å². The third-order valence-corrected chi connectivity index (χ3v) is 7.64. The third kappa shape index (κ3) is 40.6. The quantitative estimate of drug-likeness (QED) is 0.0438. The summed E-state index contributed by atoms with van der Waals surface area (Å²) < 4.78 is 3.99. The summed E-state index contributed by atoms with van der Waals surface area (Å²) in [5.74, 6) is 0. The molecule has 0 amide bonds. The zero-order valence-electron chi connectivity index (χ0n) is 18.9. The molecule has 0 saturated carbocycles. The highest BCUT2D eigenvalue weighted by Crippen LogP contribution is 2.09. The van der Waals surface area contributed by atoms with Crippen LogP contribution in [-0.4, -0.2) is 160 Å². The molecule has 20 nitrogen and oxygen atoms in total. The van der Waals surface area contributed by atoms with Crippen molar-refractivity contribution in [3.8, 4) is 0 Å². The minimum absolute atomic E-state index is 0. The highest BCUT2D eigenvalue weighted by molar-refractivity contribution is 6.68. The van der Waals surface area contributed by atoms with Gasteiger partial charge >= 0.3 is 35.7 Å². The van der Waals surface area contributed by atoms with E-state index in [1.807, 2.05) is 0 Å². The molecule has 0 aliphatic rings. The van der Waals surface area contributed by atoms with Gasteiger partial charge in [-0.25, -0.2) is 0 Å². The molecule has 0 heterocycles. The van der Waals surface area contributed by atoms with E-state index in [-0.39, 0.29) is 43.7 Å². The Morgan fingerprint density at radius 3 is 1.25 bits per heavy atom. The van der Waals surface area contributed by atoms with Gasteiger partial charge < -0.3 is 97.6 Å². The zero-order valence-corrected chi connectivity index (χ0v) is 22.9. The minimum Gasteiger partial charge on any atom is -0.870 e. The van der Waals surface area contributed by atoms with E-state index >= 15 is 0 Å². The second-order valence-corrected chi connectivity index (χ2v) is 14.0. The lowest BCUT2D eigenvalue weighted by molar-refractivity contribution is -0.111. The molecule has 2 atom stereocenters. The molecule has 24 heteroatoms. The topological polar surface area (TPSA) is 381 Å². The molecule has 0 fully saturated rings. The molecule has 17 N–H and O–H groups in total. The van der Waals surface area contributed by atoms with Crippen molar-refractivity contribution in [3.05, 3.63) is 0 Å². The van der Waals surface area contributed by atoms with Gasteiger partial charge in [-0.3, -0.25) is 0 Å². The molecule has 0 rings (SSSR count). The molecule has 0 aromatic carbocycles. The molecule has 0 aliphatic heterocycles. The van der Waals surface area contributed by atoms with Gasteiger partial charge in [0.05, 0.1) is 25.3 Å². The zero-order chi connectivity index (χ0) is 28.3. The van der Waals surface area contributed by atoms with Crippen molar-refractivity contribution in [2.24, 2.45) is 0 Å². The van der Waals surface area contributed by atoms with Crippen molar-refractivity contribution < 1.29 is 86.9 Å². The van der Waals surface area contributed by atoms with Crippen molar-refractivity contribution in [2.75, 3.05) is 26.3 Å². The van der Waals surface area contributed by atoms with Crippen LogP contribution in [0.2, 0.25) is 12.1 Å². The van der Waals surface area contributed by atoms with Crippen molar-refractivity contribution in [2.45, 2.75) is 37.0 Å². The van der Waals surface area contributed by atoms with Crippen molar-refractivity contribution in [1.29, 1.82) is 0 Å². The highest BCUT2D eigenvalue weighted by atomic mass is 28.5. The Balaban J connectivity index is -0.000000239. The number of hydrogen-bond acceptors (Lipinski definition) is 20. The smallest absolute Gasteiger partial charge is 0.668 e. The normalized spacial score (nSPS) is 13.7. The van der Waals surface area contributed by atoms with E-state index in [9.17, 15) is 19.2 Å². The van der Waals surface area contributed by atoms with Gasteiger partial charge in [-0.1, -0.05) is 0 Å². The van der Waals surface area contributed by atoms with E-state index < -0.39 is 47.8 Å². The Bertz CT molecular complexity index is 538. The van der Waals surface area contributed by atoms with E-state index in [2.05, 4.69) is 14.7 Å². The summed E-state index contributed by atoms with van der Waals surface area (Å²) in [6, 6.07) is -1.71. The number of aliphatic hydroxyl groups excluding tert-OH is 2. The number of rotatable bonds is 16. The maximum atomic E-state index is 10.3. The van der Waals surface area contributed by atoms with Crippen LogP contribution in [0.4, 0.5) is 0 Å². The first-order valence-corrected chi connectivity index (χ1v) is 17.3. The molecule has 0 aliphatic carbocycles. The van der Waals surface area contributed by atoms with Gasteiger partial charge in [0.1, 0.15) is 12.6 Å². The molecule has 0 bridgehead atoms. The lowest BCUT2D eigenvalue weighted by Crippen LogP contribution is -2.53. The third-order valence-electron chi connectivity index (χ3n) is 3.20. The van der Waals surface area contributed by atoms with Crippen LogP contribution in [0.15, 0.2) is 0 Å². The summed E-state index contributed by atoms with van der Waals surface area (Å²) in [6.07, 6.45) is 1.59. The van der Waals surface area contributed by atoms with Gasteiger partial charge in [0.25, 0.3) is 0 Å².